The molecule has 0 heterocycles. The van der Waals surface area contributed by atoms with Gasteiger partial charge in [-0.3, -0.25) is 9.59 Å². The third-order valence-electron chi connectivity index (χ3n) is 3.73. The first-order valence-electron chi connectivity index (χ1n) is 7.99. The molecule has 1 aromatic carbocycles. The normalized spacial score (nSPS) is 10.7. The fraction of sp³-hybridized carbons (Fsp3) is 0.556. The largest absolute Gasteiger partial charge is 0.355 e. The summed E-state index contributed by atoms with van der Waals surface area (Å²) in [7, 11) is 3.93. The van der Waals surface area contributed by atoms with Crippen molar-refractivity contribution in [2.75, 3.05) is 38.6 Å². The zero-order valence-corrected chi connectivity index (χ0v) is 15.2. The Labute approximate surface area is 139 Å². The molecular formula is C18H29N3O2. The number of amides is 2. The van der Waals surface area contributed by atoms with Crippen molar-refractivity contribution in [3.05, 3.63) is 28.8 Å². The Morgan fingerprint density at radius 1 is 1.04 bits per heavy atom. The minimum Gasteiger partial charge on any atom is -0.355 e. The monoisotopic (exact) mass is 319 g/mol. The molecule has 0 unspecified atom stereocenters. The van der Waals surface area contributed by atoms with E-state index in [-0.39, 0.29) is 11.8 Å². The van der Waals surface area contributed by atoms with Gasteiger partial charge in [0, 0.05) is 38.7 Å². The number of nitrogens with one attached hydrogen (secondary N) is 1. The van der Waals surface area contributed by atoms with Crippen LogP contribution >= 0.6 is 0 Å². The first kappa shape index (κ1) is 19.2. The van der Waals surface area contributed by atoms with Gasteiger partial charge in [-0.2, -0.15) is 0 Å². The quantitative estimate of drug-likeness (QED) is 0.837. The lowest BCUT2D eigenvalue weighted by molar-refractivity contribution is -0.121. The summed E-state index contributed by atoms with van der Waals surface area (Å²) in [5.74, 6) is -0.0679. The molecule has 23 heavy (non-hydrogen) atoms. The molecule has 0 aliphatic rings. The number of benzene rings is 1. The second kappa shape index (κ2) is 8.67. The zero-order chi connectivity index (χ0) is 17.6. The highest BCUT2D eigenvalue weighted by molar-refractivity contribution is 5.94. The van der Waals surface area contributed by atoms with Gasteiger partial charge in [-0.05, 0) is 46.0 Å². The lowest BCUT2D eigenvalue weighted by Gasteiger charge is -2.25. The van der Waals surface area contributed by atoms with Crippen LogP contribution < -0.4 is 10.2 Å². The van der Waals surface area contributed by atoms with Crippen molar-refractivity contribution in [2.45, 2.75) is 34.1 Å². The van der Waals surface area contributed by atoms with Gasteiger partial charge in [-0.25, -0.2) is 0 Å². The number of carbonyl (C=O) groups excluding carboxylic acids is 2. The molecule has 0 aliphatic heterocycles. The van der Waals surface area contributed by atoms with Crippen molar-refractivity contribution in [1.82, 2.24) is 10.2 Å². The number of carbonyl (C=O) groups is 2. The van der Waals surface area contributed by atoms with Crippen LogP contribution in [0.25, 0.3) is 0 Å². The molecule has 5 heteroatoms. The highest BCUT2D eigenvalue weighted by Crippen LogP contribution is 2.26. The summed E-state index contributed by atoms with van der Waals surface area (Å²) in [6.07, 6.45) is 0.305. The van der Waals surface area contributed by atoms with Gasteiger partial charge < -0.3 is 15.1 Å². The fourth-order valence-electron chi connectivity index (χ4n) is 2.75. The standard InChI is InChI=1S/C18H29N3O2/c1-13-11-14(2)18(15(3)12-13)21(16(4)22)9-7-17(23)19-8-10-20(5)6/h11-12H,7-10H2,1-6H3,(H,19,23). The average molecular weight is 319 g/mol. The zero-order valence-electron chi connectivity index (χ0n) is 15.2. The van der Waals surface area contributed by atoms with E-state index < -0.39 is 0 Å². The van der Waals surface area contributed by atoms with Crippen LogP contribution in [0, 0.1) is 20.8 Å². The lowest BCUT2D eigenvalue weighted by atomic mass is 10.0. The van der Waals surface area contributed by atoms with E-state index >= 15 is 0 Å². The van der Waals surface area contributed by atoms with Crippen molar-refractivity contribution in [3.8, 4) is 0 Å². The van der Waals surface area contributed by atoms with Gasteiger partial charge in [0.1, 0.15) is 0 Å². The van der Waals surface area contributed by atoms with Crippen molar-refractivity contribution in [2.24, 2.45) is 0 Å². The van der Waals surface area contributed by atoms with Crippen molar-refractivity contribution in [1.29, 1.82) is 0 Å². The summed E-state index contributed by atoms with van der Waals surface area (Å²) in [5, 5.41) is 2.88. The van der Waals surface area contributed by atoms with Gasteiger partial charge >= 0.3 is 0 Å². The topological polar surface area (TPSA) is 52.7 Å². The number of rotatable bonds is 7. The van der Waals surface area contributed by atoms with Crippen LogP contribution in [-0.2, 0) is 9.59 Å². The fourth-order valence-corrected chi connectivity index (χ4v) is 2.75. The van der Waals surface area contributed by atoms with Crippen LogP contribution in [0.3, 0.4) is 0 Å². The highest BCUT2D eigenvalue weighted by atomic mass is 16.2. The number of nitrogens with zero attached hydrogens (tertiary/aromatic N) is 2. The Morgan fingerprint density at radius 3 is 2.09 bits per heavy atom. The van der Waals surface area contributed by atoms with Crippen molar-refractivity contribution < 1.29 is 9.59 Å². The third-order valence-corrected chi connectivity index (χ3v) is 3.73. The van der Waals surface area contributed by atoms with E-state index in [0.29, 0.717) is 19.5 Å². The highest BCUT2D eigenvalue weighted by Gasteiger charge is 2.17. The van der Waals surface area contributed by atoms with E-state index in [2.05, 4.69) is 17.4 Å². The van der Waals surface area contributed by atoms with Gasteiger partial charge in [-0.15, -0.1) is 0 Å². The van der Waals surface area contributed by atoms with E-state index in [0.717, 1.165) is 23.4 Å². The van der Waals surface area contributed by atoms with Crippen LogP contribution in [0.4, 0.5) is 5.69 Å². The molecule has 0 aliphatic carbocycles. The average Bonchev–Trinajstić information content (AvgIpc) is 2.40. The number of likely N-dealkylation sites (N-methyl/N-ethyl adjacent to an activating group) is 1. The minimum atomic E-state index is -0.0406. The Bertz CT molecular complexity index is 544. The Balaban J connectivity index is 2.74. The minimum absolute atomic E-state index is 0.0273. The van der Waals surface area contributed by atoms with E-state index in [4.69, 9.17) is 0 Å². The Kier molecular flexibility index (Phi) is 7.23. The second-order valence-electron chi connectivity index (χ2n) is 6.32. The molecule has 1 rings (SSSR count). The molecule has 5 nitrogen and oxygen atoms in total. The molecule has 0 saturated heterocycles. The SMILES string of the molecule is CC(=O)N(CCC(=O)NCCN(C)C)c1c(C)cc(C)cc1C. The van der Waals surface area contributed by atoms with E-state index in [9.17, 15) is 9.59 Å². The summed E-state index contributed by atoms with van der Waals surface area (Å²) in [6.45, 7) is 9.41. The molecule has 128 valence electrons. The summed E-state index contributed by atoms with van der Waals surface area (Å²) in [6, 6.07) is 4.13. The maximum absolute atomic E-state index is 12.0. The molecule has 2 amide bonds. The maximum Gasteiger partial charge on any atom is 0.223 e. The summed E-state index contributed by atoms with van der Waals surface area (Å²) in [5.41, 5.74) is 4.22. The number of hydrogen-bond acceptors (Lipinski definition) is 3. The van der Waals surface area contributed by atoms with Crippen LogP contribution in [0.5, 0.6) is 0 Å². The molecule has 1 aromatic rings. The van der Waals surface area contributed by atoms with Gasteiger partial charge in [0.15, 0.2) is 0 Å². The molecule has 0 atom stereocenters. The smallest absolute Gasteiger partial charge is 0.223 e. The molecule has 1 N–H and O–H groups in total. The Morgan fingerprint density at radius 2 is 1.61 bits per heavy atom. The van der Waals surface area contributed by atoms with Crippen LogP contribution in [0.1, 0.15) is 30.0 Å². The van der Waals surface area contributed by atoms with Crippen molar-refractivity contribution in [3.63, 3.8) is 0 Å². The van der Waals surface area contributed by atoms with Gasteiger partial charge in [0.25, 0.3) is 0 Å². The predicted molar refractivity (Wildman–Crippen MR) is 94.9 cm³/mol. The van der Waals surface area contributed by atoms with Crippen molar-refractivity contribution >= 4 is 17.5 Å². The van der Waals surface area contributed by atoms with Gasteiger partial charge in [-0.1, -0.05) is 17.7 Å². The summed E-state index contributed by atoms with van der Waals surface area (Å²) in [4.78, 5) is 27.7. The van der Waals surface area contributed by atoms with Crippen LogP contribution in [0.15, 0.2) is 12.1 Å². The molecule has 0 aromatic heterocycles. The van der Waals surface area contributed by atoms with Crippen LogP contribution in [-0.4, -0.2) is 50.4 Å². The maximum atomic E-state index is 12.0. The molecule has 0 bridgehead atoms. The number of anilines is 1. The first-order chi connectivity index (χ1) is 10.7. The molecule has 0 fully saturated rings. The van der Waals surface area contributed by atoms with Crippen LogP contribution in [0.2, 0.25) is 0 Å². The first-order valence-corrected chi connectivity index (χ1v) is 7.99. The Hall–Kier alpha value is -1.88. The number of aryl methyl sites for hydroxylation is 3. The third kappa shape index (κ3) is 6.02. The number of hydrogen-bond donors (Lipinski definition) is 1. The van der Waals surface area contributed by atoms with Gasteiger partial charge in [0.05, 0.1) is 0 Å². The molecular weight excluding hydrogens is 290 g/mol. The lowest BCUT2D eigenvalue weighted by Crippen LogP contribution is -2.36. The summed E-state index contributed by atoms with van der Waals surface area (Å²) < 4.78 is 0. The van der Waals surface area contributed by atoms with Gasteiger partial charge in [0.2, 0.25) is 11.8 Å². The van der Waals surface area contributed by atoms with E-state index in [1.165, 1.54) is 5.56 Å². The second-order valence-corrected chi connectivity index (χ2v) is 6.32. The molecule has 0 spiro atoms. The van der Waals surface area contributed by atoms with E-state index in [1.54, 1.807) is 11.8 Å². The van der Waals surface area contributed by atoms with E-state index in [1.807, 2.05) is 39.8 Å². The molecule has 0 saturated carbocycles. The summed E-state index contributed by atoms with van der Waals surface area (Å²) >= 11 is 0. The molecule has 0 radical (unpaired) electrons. The predicted octanol–water partition coefficient (Wildman–Crippen LogP) is 2.03.